The first-order valence-electron chi connectivity index (χ1n) is 5.82. The smallest absolute Gasteiger partial charge is 0.0245 e. The van der Waals surface area contributed by atoms with Gasteiger partial charge in [-0.25, -0.2) is 0 Å². The molecule has 1 saturated carbocycles. The Hall–Kier alpha value is -0.780. The van der Waals surface area contributed by atoms with Crippen LogP contribution in [0.3, 0.4) is 0 Å². The van der Waals surface area contributed by atoms with Gasteiger partial charge >= 0.3 is 0 Å². The molecule has 1 aromatic carbocycles. The van der Waals surface area contributed by atoms with Crippen LogP contribution < -0.4 is 0 Å². The maximum Gasteiger partial charge on any atom is -0.0245 e. The van der Waals surface area contributed by atoms with Crippen molar-refractivity contribution >= 4 is 0 Å². The van der Waals surface area contributed by atoms with Crippen LogP contribution in [0.1, 0.15) is 37.7 Å². The van der Waals surface area contributed by atoms with E-state index in [1.165, 1.54) is 37.7 Å². The summed E-state index contributed by atoms with van der Waals surface area (Å²) in [6.45, 7) is 0. The van der Waals surface area contributed by atoms with Crippen molar-refractivity contribution in [3.05, 3.63) is 42.3 Å². The van der Waals surface area contributed by atoms with Crippen molar-refractivity contribution in [2.24, 2.45) is 5.92 Å². The molecule has 0 N–H and O–H groups in total. The molecule has 1 aromatic rings. The fourth-order valence-electron chi connectivity index (χ4n) is 2.29. The van der Waals surface area contributed by atoms with Gasteiger partial charge in [0, 0.05) is 0 Å². The van der Waals surface area contributed by atoms with E-state index < -0.39 is 0 Å². The molecule has 0 spiro atoms. The second kappa shape index (κ2) is 5.19. The fraction of sp³-hybridized carbons (Fsp3) is 0.500. The van der Waals surface area contributed by atoms with Gasteiger partial charge in [0.25, 0.3) is 0 Å². The van der Waals surface area contributed by atoms with Gasteiger partial charge in [0.15, 0.2) is 0 Å². The van der Waals surface area contributed by atoms with E-state index >= 15 is 0 Å². The zero-order valence-electron chi connectivity index (χ0n) is 8.78. The molecule has 0 saturated heterocycles. The van der Waals surface area contributed by atoms with E-state index in [-0.39, 0.29) is 0 Å². The average Bonchev–Trinajstić information content (AvgIpc) is 2.29. The Kier molecular flexibility index (Phi) is 3.62. The molecular weight excluding hydrogens is 168 g/mol. The first kappa shape index (κ1) is 9.76. The number of hydrogen-bond donors (Lipinski definition) is 0. The van der Waals surface area contributed by atoms with Gasteiger partial charge in [-0.2, -0.15) is 0 Å². The quantitative estimate of drug-likeness (QED) is 0.670. The molecule has 2 rings (SSSR count). The third-order valence-electron chi connectivity index (χ3n) is 3.18. The molecule has 0 unspecified atom stereocenters. The first-order chi connectivity index (χ1) is 6.95. The van der Waals surface area contributed by atoms with E-state index in [9.17, 15) is 0 Å². The predicted octanol–water partition coefficient (Wildman–Crippen LogP) is 4.01. The van der Waals surface area contributed by atoms with Gasteiger partial charge in [-0.1, -0.05) is 62.4 Å². The highest BCUT2D eigenvalue weighted by molar-refractivity contribution is 5.16. The summed E-state index contributed by atoms with van der Waals surface area (Å²) >= 11 is 0. The molecule has 0 bridgehead atoms. The van der Waals surface area contributed by atoms with E-state index in [2.05, 4.69) is 36.8 Å². The van der Waals surface area contributed by atoms with Crippen LogP contribution in [0, 0.1) is 12.3 Å². The van der Waals surface area contributed by atoms with Gasteiger partial charge in [0.2, 0.25) is 0 Å². The average molecular weight is 187 g/mol. The second-order valence-electron chi connectivity index (χ2n) is 4.32. The zero-order valence-corrected chi connectivity index (χ0v) is 8.78. The summed E-state index contributed by atoms with van der Waals surface area (Å²) in [5.41, 5.74) is 1.46. The Balaban J connectivity index is 1.76. The zero-order chi connectivity index (χ0) is 9.64. The minimum Gasteiger partial charge on any atom is -0.0622 e. The van der Waals surface area contributed by atoms with Crippen molar-refractivity contribution in [1.82, 2.24) is 0 Å². The van der Waals surface area contributed by atoms with Gasteiger partial charge in [-0.3, -0.25) is 0 Å². The third kappa shape index (κ3) is 2.87. The molecular formula is C14H19. The van der Waals surface area contributed by atoms with Crippen LogP contribution in [-0.2, 0) is 6.42 Å². The molecule has 1 radical (unpaired) electrons. The molecule has 0 heteroatoms. The summed E-state index contributed by atoms with van der Waals surface area (Å²) in [7, 11) is 0. The van der Waals surface area contributed by atoms with E-state index in [1.807, 2.05) is 0 Å². The Morgan fingerprint density at radius 2 is 1.71 bits per heavy atom. The molecule has 14 heavy (non-hydrogen) atoms. The van der Waals surface area contributed by atoms with Crippen molar-refractivity contribution in [1.29, 1.82) is 0 Å². The van der Waals surface area contributed by atoms with E-state index in [0.717, 1.165) is 12.3 Å². The van der Waals surface area contributed by atoms with Crippen molar-refractivity contribution in [2.45, 2.75) is 38.5 Å². The van der Waals surface area contributed by atoms with Crippen molar-refractivity contribution < 1.29 is 0 Å². The number of hydrogen-bond acceptors (Lipinski definition) is 0. The molecule has 0 aliphatic heterocycles. The van der Waals surface area contributed by atoms with E-state index in [0.29, 0.717) is 0 Å². The summed E-state index contributed by atoms with van der Waals surface area (Å²) in [6, 6.07) is 10.8. The predicted molar refractivity (Wildman–Crippen MR) is 61.0 cm³/mol. The van der Waals surface area contributed by atoms with Crippen LogP contribution in [0.25, 0.3) is 0 Å². The minimum atomic E-state index is 0.893. The largest absolute Gasteiger partial charge is 0.0622 e. The minimum absolute atomic E-state index is 0.893. The molecule has 0 atom stereocenters. The lowest BCUT2D eigenvalue weighted by molar-refractivity contribution is 0.394. The highest BCUT2D eigenvalue weighted by Gasteiger charge is 2.12. The van der Waals surface area contributed by atoms with E-state index in [4.69, 9.17) is 0 Å². The first-order valence-corrected chi connectivity index (χ1v) is 5.82. The summed E-state index contributed by atoms with van der Waals surface area (Å²) in [6.07, 6.45) is 10.9. The van der Waals surface area contributed by atoms with Crippen LogP contribution in [0.15, 0.2) is 30.3 Å². The molecule has 1 aliphatic carbocycles. The monoisotopic (exact) mass is 187 g/mol. The Morgan fingerprint density at radius 3 is 2.43 bits per heavy atom. The SMILES string of the molecule is [CH](Cc1ccccc1)C1CCCCC1. The fourth-order valence-corrected chi connectivity index (χ4v) is 2.29. The normalized spacial score (nSPS) is 18.3. The van der Waals surface area contributed by atoms with Crippen LogP contribution >= 0.6 is 0 Å². The number of rotatable bonds is 3. The van der Waals surface area contributed by atoms with E-state index in [1.54, 1.807) is 0 Å². The molecule has 0 nitrogen and oxygen atoms in total. The molecule has 75 valence electrons. The maximum absolute atomic E-state index is 2.52. The van der Waals surface area contributed by atoms with Crippen molar-refractivity contribution in [2.75, 3.05) is 0 Å². The van der Waals surface area contributed by atoms with Crippen LogP contribution in [-0.4, -0.2) is 0 Å². The highest BCUT2D eigenvalue weighted by atomic mass is 14.2. The highest BCUT2D eigenvalue weighted by Crippen LogP contribution is 2.26. The summed E-state index contributed by atoms with van der Waals surface area (Å²) in [4.78, 5) is 0. The number of benzene rings is 1. The van der Waals surface area contributed by atoms with Crippen LogP contribution in [0.2, 0.25) is 0 Å². The molecule has 1 fully saturated rings. The standard InChI is InChI=1S/C14H19/c1-3-7-13(8-4-1)11-12-14-9-5-2-6-10-14/h1,3-4,7-8,12,14H,2,5-6,9-11H2. The van der Waals surface area contributed by atoms with Gasteiger partial charge in [0.1, 0.15) is 0 Å². The van der Waals surface area contributed by atoms with Gasteiger partial charge < -0.3 is 0 Å². The summed E-state index contributed by atoms with van der Waals surface area (Å²) in [5.74, 6) is 0.893. The lowest BCUT2D eigenvalue weighted by atomic mass is 9.85. The van der Waals surface area contributed by atoms with Crippen molar-refractivity contribution in [3.8, 4) is 0 Å². The molecule has 0 heterocycles. The molecule has 0 aromatic heterocycles. The van der Waals surface area contributed by atoms with Gasteiger partial charge in [-0.05, 0) is 24.3 Å². The molecule has 1 aliphatic rings. The molecule has 0 amide bonds. The third-order valence-corrected chi connectivity index (χ3v) is 3.18. The van der Waals surface area contributed by atoms with Crippen LogP contribution in [0.5, 0.6) is 0 Å². The van der Waals surface area contributed by atoms with Gasteiger partial charge in [-0.15, -0.1) is 0 Å². The summed E-state index contributed by atoms with van der Waals surface area (Å²) in [5, 5.41) is 0. The lowest BCUT2D eigenvalue weighted by Crippen LogP contribution is -2.07. The topological polar surface area (TPSA) is 0 Å². The Bertz CT molecular complexity index is 244. The maximum atomic E-state index is 2.52. The Morgan fingerprint density at radius 1 is 1.00 bits per heavy atom. The van der Waals surface area contributed by atoms with Crippen LogP contribution in [0.4, 0.5) is 0 Å². The second-order valence-corrected chi connectivity index (χ2v) is 4.32. The van der Waals surface area contributed by atoms with Gasteiger partial charge in [0.05, 0.1) is 0 Å². The summed E-state index contributed by atoms with van der Waals surface area (Å²) < 4.78 is 0. The lowest BCUT2D eigenvalue weighted by Gasteiger charge is -2.20. The Labute approximate surface area is 87.3 Å². The van der Waals surface area contributed by atoms with Crippen molar-refractivity contribution in [3.63, 3.8) is 0 Å².